The molecule has 1 N–H and O–H groups in total. The Bertz CT molecular complexity index is 724. The van der Waals surface area contributed by atoms with Crippen molar-refractivity contribution in [3.05, 3.63) is 16.8 Å². The maximum absolute atomic E-state index is 11.3. The van der Waals surface area contributed by atoms with Crippen molar-refractivity contribution in [3.63, 3.8) is 0 Å². The van der Waals surface area contributed by atoms with Crippen LogP contribution in [0.4, 0.5) is 5.82 Å². The highest BCUT2D eigenvalue weighted by atomic mass is 32.2. The lowest BCUT2D eigenvalue weighted by molar-refractivity contribution is 0.486. The van der Waals surface area contributed by atoms with Crippen molar-refractivity contribution in [2.24, 2.45) is 0 Å². The fourth-order valence-electron chi connectivity index (χ4n) is 1.81. The number of hydrogen-bond acceptors (Lipinski definition) is 6. The SMILES string of the molecule is Cc1sc2ncnc(NCCN(C)S(C)(=O)=O)c2c1C. The highest BCUT2D eigenvalue weighted by Crippen LogP contribution is 2.32. The Morgan fingerprint density at radius 2 is 2.05 bits per heavy atom. The summed E-state index contributed by atoms with van der Waals surface area (Å²) in [5, 5.41) is 4.22. The van der Waals surface area contributed by atoms with Gasteiger partial charge < -0.3 is 5.32 Å². The van der Waals surface area contributed by atoms with Crippen LogP contribution < -0.4 is 5.32 Å². The molecule has 0 radical (unpaired) electrons. The number of hydrogen-bond donors (Lipinski definition) is 1. The van der Waals surface area contributed by atoms with Gasteiger partial charge in [0.05, 0.1) is 11.6 Å². The minimum Gasteiger partial charge on any atom is -0.368 e. The molecule has 0 fully saturated rings. The van der Waals surface area contributed by atoms with E-state index in [9.17, 15) is 8.42 Å². The van der Waals surface area contributed by atoms with Gasteiger partial charge in [-0.25, -0.2) is 22.7 Å². The zero-order valence-corrected chi connectivity index (χ0v) is 13.6. The zero-order valence-electron chi connectivity index (χ0n) is 12.0. The molecule has 0 aromatic carbocycles. The molecule has 6 nitrogen and oxygen atoms in total. The fourth-order valence-corrected chi connectivity index (χ4v) is 3.23. The standard InChI is InChI=1S/C12H18N4O2S2/c1-8-9(2)19-12-10(8)11(14-7-15-12)13-5-6-16(3)20(4,17)18/h7H,5-6H2,1-4H3,(H,13,14,15). The average molecular weight is 314 g/mol. The van der Waals surface area contributed by atoms with Crippen LogP contribution in [0, 0.1) is 13.8 Å². The number of thiophene rings is 1. The molecule has 2 rings (SSSR count). The monoisotopic (exact) mass is 314 g/mol. The van der Waals surface area contributed by atoms with E-state index in [0.717, 1.165) is 16.0 Å². The first kappa shape index (κ1) is 15.1. The Labute approximate surface area is 122 Å². The molecule has 2 heterocycles. The van der Waals surface area contributed by atoms with E-state index in [1.807, 2.05) is 6.92 Å². The minimum atomic E-state index is -3.14. The predicted molar refractivity (Wildman–Crippen MR) is 82.9 cm³/mol. The summed E-state index contributed by atoms with van der Waals surface area (Å²) in [6.07, 6.45) is 2.72. The molecular weight excluding hydrogens is 296 g/mol. The van der Waals surface area contributed by atoms with Crippen molar-refractivity contribution in [2.75, 3.05) is 31.7 Å². The van der Waals surface area contributed by atoms with Gasteiger partial charge in [0.2, 0.25) is 10.0 Å². The second-order valence-electron chi connectivity index (χ2n) is 4.70. The number of fused-ring (bicyclic) bond motifs is 1. The van der Waals surface area contributed by atoms with E-state index < -0.39 is 10.0 Å². The Morgan fingerprint density at radius 3 is 2.70 bits per heavy atom. The van der Waals surface area contributed by atoms with Gasteiger partial charge in [0.25, 0.3) is 0 Å². The number of nitrogens with one attached hydrogen (secondary N) is 1. The summed E-state index contributed by atoms with van der Waals surface area (Å²) >= 11 is 1.64. The first-order valence-electron chi connectivity index (χ1n) is 6.16. The Kier molecular flexibility index (Phi) is 4.26. The topological polar surface area (TPSA) is 75.2 Å². The van der Waals surface area contributed by atoms with E-state index in [0.29, 0.717) is 13.1 Å². The Morgan fingerprint density at radius 1 is 1.35 bits per heavy atom. The third kappa shape index (κ3) is 3.08. The summed E-state index contributed by atoms with van der Waals surface area (Å²) in [5.74, 6) is 0.763. The minimum absolute atomic E-state index is 0.395. The number of likely N-dealkylation sites (N-methyl/N-ethyl adjacent to an activating group) is 1. The number of rotatable bonds is 5. The van der Waals surface area contributed by atoms with Crippen molar-refractivity contribution >= 4 is 37.4 Å². The van der Waals surface area contributed by atoms with Gasteiger partial charge in [0, 0.05) is 25.0 Å². The Hall–Kier alpha value is -1.25. The quantitative estimate of drug-likeness (QED) is 0.907. The summed E-state index contributed by atoms with van der Waals surface area (Å²) in [7, 11) is -1.58. The molecule has 0 saturated carbocycles. The molecular formula is C12H18N4O2S2. The third-order valence-corrected chi connectivity index (χ3v) is 5.68. The van der Waals surface area contributed by atoms with Gasteiger partial charge >= 0.3 is 0 Å². The molecule has 0 spiro atoms. The van der Waals surface area contributed by atoms with Gasteiger partial charge in [0.15, 0.2) is 0 Å². The van der Waals surface area contributed by atoms with Crippen molar-refractivity contribution in [1.29, 1.82) is 0 Å². The number of sulfonamides is 1. The number of aryl methyl sites for hydroxylation is 2. The van der Waals surface area contributed by atoms with E-state index in [1.54, 1.807) is 18.4 Å². The second kappa shape index (κ2) is 5.63. The number of anilines is 1. The summed E-state index contributed by atoms with van der Waals surface area (Å²) in [6.45, 7) is 5.00. The van der Waals surface area contributed by atoms with Gasteiger partial charge in [-0.1, -0.05) is 0 Å². The van der Waals surface area contributed by atoms with E-state index in [4.69, 9.17) is 0 Å². The summed E-state index contributed by atoms with van der Waals surface area (Å²) in [5.41, 5.74) is 1.17. The lowest BCUT2D eigenvalue weighted by Gasteiger charge is -2.14. The van der Waals surface area contributed by atoms with Gasteiger partial charge in [-0.15, -0.1) is 11.3 Å². The zero-order chi connectivity index (χ0) is 14.9. The van der Waals surface area contributed by atoms with Crippen molar-refractivity contribution in [3.8, 4) is 0 Å². The maximum Gasteiger partial charge on any atom is 0.211 e. The molecule has 8 heteroatoms. The number of nitrogens with zero attached hydrogens (tertiary/aromatic N) is 3. The van der Waals surface area contributed by atoms with Gasteiger partial charge in [0.1, 0.15) is 17.0 Å². The summed E-state index contributed by atoms with van der Waals surface area (Å²) in [4.78, 5) is 10.7. The van der Waals surface area contributed by atoms with Crippen LogP contribution in [-0.2, 0) is 10.0 Å². The normalized spacial score (nSPS) is 12.2. The molecule has 2 aromatic heterocycles. The van der Waals surface area contributed by atoms with Crippen LogP contribution in [0.2, 0.25) is 0 Å². The van der Waals surface area contributed by atoms with Crippen molar-refractivity contribution < 1.29 is 8.42 Å². The van der Waals surface area contributed by atoms with Gasteiger partial charge in [-0.3, -0.25) is 0 Å². The van der Waals surface area contributed by atoms with Crippen LogP contribution in [0.5, 0.6) is 0 Å². The van der Waals surface area contributed by atoms with Crippen molar-refractivity contribution in [2.45, 2.75) is 13.8 Å². The molecule has 0 saturated heterocycles. The number of aromatic nitrogens is 2. The molecule has 110 valence electrons. The smallest absolute Gasteiger partial charge is 0.211 e. The molecule has 0 aliphatic heterocycles. The second-order valence-corrected chi connectivity index (χ2v) is 7.99. The predicted octanol–water partition coefficient (Wildman–Crippen LogP) is 1.61. The van der Waals surface area contributed by atoms with E-state index in [-0.39, 0.29) is 0 Å². The molecule has 2 aromatic rings. The fraction of sp³-hybridized carbons (Fsp3) is 0.500. The van der Waals surface area contributed by atoms with Crippen LogP contribution in [0.1, 0.15) is 10.4 Å². The molecule has 0 aliphatic carbocycles. The lowest BCUT2D eigenvalue weighted by Crippen LogP contribution is -2.30. The van der Waals surface area contributed by atoms with Crippen LogP contribution >= 0.6 is 11.3 Å². The summed E-state index contributed by atoms with van der Waals surface area (Å²) in [6, 6.07) is 0. The molecule has 0 bridgehead atoms. The van der Waals surface area contributed by atoms with Crippen LogP contribution in [0.15, 0.2) is 6.33 Å². The molecule has 0 aliphatic rings. The van der Waals surface area contributed by atoms with Crippen LogP contribution in [0.3, 0.4) is 0 Å². The summed E-state index contributed by atoms with van der Waals surface area (Å²) < 4.78 is 23.9. The highest BCUT2D eigenvalue weighted by Gasteiger charge is 2.13. The average Bonchev–Trinajstić information content (AvgIpc) is 2.65. The first-order valence-corrected chi connectivity index (χ1v) is 8.83. The maximum atomic E-state index is 11.3. The van der Waals surface area contributed by atoms with Crippen molar-refractivity contribution in [1.82, 2.24) is 14.3 Å². The van der Waals surface area contributed by atoms with Crippen LogP contribution in [-0.4, -0.2) is 49.1 Å². The molecule has 0 amide bonds. The first-order chi connectivity index (χ1) is 9.30. The molecule has 0 atom stereocenters. The van der Waals surface area contributed by atoms with E-state index in [1.165, 1.54) is 27.3 Å². The molecule has 20 heavy (non-hydrogen) atoms. The Balaban J connectivity index is 2.15. The highest BCUT2D eigenvalue weighted by molar-refractivity contribution is 7.88. The third-order valence-electron chi connectivity index (χ3n) is 3.25. The van der Waals surface area contributed by atoms with Gasteiger partial charge in [-0.05, 0) is 19.4 Å². The van der Waals surface area contributed by atoms with E-state index >= 15 is 0 Å². The van der Waals surface area contributed by atoms with Gasteiger partial charge in [-0.2, -0.15) is 0 Å². The van der Waals surface area contributed by atoms with Crippen LogP contribution in [0.25, 0.3) is 10.2 Å². The largest absolute Gasteiger partial charge is 0.368 e. The lowest BCUT2D eigenvalue weighted by atomic mass is 10.2. The molecule has 0 unspecified atom stereocenters. The van der Waals surface area contributed by atoms with E-state index in [2.05, 4.69) is 22.2 Å².